The molecule has 0 aromatic rings. The number of halogens is 14. The predicted octanol–water partition coefficient (Wildman–Crippen LogP) is 6.59. The average molecular weight is 468 g/mol. The fraction of sp³-hybridized carbons (Fsp3) is 1.00. The number of hydrogen-bond donors (Lipinski definition) is 1. The second-order valence-corrected chi connectivity index (χ2v) is 6.92. The van der Waals surface area contributed by atoms with Crippen LogP contribution in [0.2, 0.25) is 0 Å². The van der Waals surface area contributed by atoms with E-state index in [0.717, 1.165) is 0 Å². The maximum Gasteiger partial charge on any atom is 0.428 e. The standard InChI is InChI=1S/C13H14F14S/c1-6(14,4-5-28)9(17,18)12(23,24)11(21,22)7(2,15)10(19,20)8(3,16)13(25,26)27/h28H,4-5H2,1-3H3. The second kappa shape index (κ2) is 6.96. The first-order valence-corrected chi connectivity index (χ1v) is 7.70. The van der Waals surface area contributed by atoms with Crippen LogP contribution in [0, 0.1) is 0 Å². The van der Waals surface area contributed by atoms with Crippen LogP contribution in [0.3, 0.4) is 0 Å². The van der Waals surface area contributed by atoms with Gasteiger partial charge in [-0.1, -0.05) is 0 Å². The van der Waals surface area contributed by atoms with Crippen molar-refractivity contribution in [3.63, 3.8) is 0 Å². The topological polar surface area (TPSA) is 0 Å². The summed E-state index contributed by atoms with van der Waals surface area (Å²) >= 11 is 3.21. The molecule has 0 saturated carbocycles. The van der Waals surface area contributed by atoms with Gasteiger partial charge in [0.1, 0.15) is 0 Å². The average Bonchev–Trinajstić information content (AvgIpc) is 2.44. The van der Waals surface area contributed by atoms with Gasteiger partial charge in [0, 0.05) is 0 Å². The van der Waals surface area contributed by atoms with Crippen LogP contribution >= 0.6 is 12.6 Å². The second-order valence-electron chi connectivity index (χ2n) is 6.47. The van der Waals surface area contributed by atoms with Crippen LogP contribution in [0.1, 0.15) is 27.2 Å². The van der Waals surface area contributed by atoms with E-state index in [2.05, 4.69) is 12.6 Å². The van der Waals surface area contributed by atoms with Gasteiger partial charge in [0.05, 0.1) is 0 Å². The molecule has 0 aromatic heterocycles. The minimum Gasteiger partial charge on any atom is -0.237 e. The number of alkyl halides is 14. The summed E-state index contributed by atoms with van der Waals surface area (Å²) in [5.74, 6) is -29.2. The summed E-state index contributed by atoms with van der Waals surface area (Å²) in [6.07, 6.45) is -8.42. The highest BCUT2D eigenvalue weighted by Crippen LogP contribution is 2.62. The molecule has 3 unspecified atom stereocenters. The van der Waals surface area contributed by atoms with Crippen molar-refractivity contribution in [2.75, 3.05) is 5.75 Å². The van der Waals surface area contributed by atoms with Gasteiger partial charge in [0.25, 0.3) is 5.67 Å². The maximum atomic E-state index is 14.1. The predicted molar refractivity (Wildman–Crippen MR) is 72.9 cm³/mol. The first kappa shape index (κ1) is 27.4. The first-order valence-electron chi connectivity index (χ1n) is 7.07. The SMILES string of the molecule is CC(F)(CCS)C(F)(F)C(F)(F)C(F)(F)C(C)(F)C(F)(F)C(C)(F)C(F)(F)F. The molecule has 3 atom stereocenters. The van der Waals surface area contributed by atoms with E-state index in [0.29, 0.717) is 0 Å². The van der Waals surface area contributed by atoms with E-state index in [9.17, 15) is 61.5 Å². The lowest BCUT2D eigenvalue weighted by molar-refractivity contribution is -0.408. The van der Waals surface area contributed by atoms with Gasteiger partial charge < -0.3 is 0 Å². The lowest BCUT2D eigenvalue weighted by Crippen LogP contribution is -2.75. The molecule has 170 valence electrons. The monoisotopic (exact) mass is 468 g/mol. The third-order valence-corrected chi connectivity index (χ3v) is 4.55. The van der Waals surface area contributed by atoms with Crippen LogP contribution in [0.15, 0.2) is 0 Å². The molecule has 0 saturated heterocycles. The van der Waals surface area contributed by atoms with Crippen LogP contribution in [-0.2, 0) is 0 Å². The molecule has 0 heterocycles. The van der Waals surface area contributed by atoms with Gasteiger partial charge in [-0.3, -0.25) is 0 Å². The summed E-state index contributed by atoms with van der Waals surface area (Å²) in [7, 11) is 0. The Bertz CT molecular complexity index is 560. The number of hydrogen-bond acceptors (Lipinski definition) is 1. The third-order valence-electron chi connectivity index (χ3n) is 4.33. The summed E-state index contributed by atoms with van der Waals surface area (Å²) in [6, 6.07) is 0. The Morgan fingerprint density at radius 1 is 0.500 bits per heavy atom. The van der Waals surface area contributed by atoms with Crippen LogP contribution < -0.4 is 0 Å². The molecular formula is C13H14F14S. The summed E-state index contributed by atoms with van der Waals surface area (Å²) < 4.78 is 189. The summed E-state index contributed by atoms with van der Waals surface area (Å²) in [5, 5.41) is 0. The van der Waals surface area contributed by atoms with Crippen LogP contribution in [0.25, 0.3) is 0 Å². The molecule has 0 fully saturated rings. The zero-order valence-electron chi connectivity index (χ0n) is 14.2. The minimum absolute atomic E-state index is 0.351. The van der Waals surface area contributed by atoms with Gasteiger partial charge in [0.2, 0.25) is 5.67 Å². The minimum atomic E-state index is -7.37. The maximum absolute atomic E-state index is 14.1. The van der Waals surface area contributed by atoms with E-state index in [-0.39, 0.29) is 6.92 Å². The number of rotatable bonds is 8. The molecule has 0 amide bonds. The molecule has 0 N–H and O–H groups in total. The third kappa shape index (κ3) is 3.42. The lowest BCUT2D eigenvalue weighted by Gasteiger charge is -2.47. The molecule has 0 rings (SSSR count). The summed E-state index contributed by atoms with van der Waals surface area (Å²) in [4.78, 5) is 0. The van der Waals surface area contributed by atoms with Crippen molar-refractivity contribution < 1.29 is 61.5 Å². The molecular weight excluding hydrogens is 454 g/mol. The zero-order valence-corrected chi connectivity index (χ0v) is 15.0. The van der Waals surface area contributed by atoms with Crippen LogP contribution in [0.5, 0.6) is 0 Å². The van der Waals surface area contributed by atoms with Gasteiger partial charge in [-0.05, 0) is 32.9 Å². The molecule has 0 nitrogen and oxygen atoms in total. The van der Waals surface area contributed by atoms with Crippen LogP contribution in [-0.4, -0.2) is 52.6 Å². The van der Waals surface area contributed by atoms with Crippen molar-refractivity contribution in [2.45, 2.75) is 74.1 Å². The van der Waals surface area contributed by atoms with Gasteiger partial charge in [0.15, 0.2) is 5.67 Å². The van der Waals surface area contributed by atoms with Crippen molar-refractivity contribution in [3.05, 3.63) is 0 Å². The molecule has 0 aliphatic heterocycles. The normalized spacial score (nSPS) is 21.6. The highest BCUT2D eigenvalue weighted by Gasteiger charge is 2.89. The fourth-order valence-corrected chi connectivity index (χ4v) is 2.42. The Hall–Kier alpha value is -0.630. The van der Waals surface area contributed by atoms with Crippen molar-refractivity contribution >= 4 is 12.6 Å². The molecule has 0 radical (unpaired) electrons. The van der Waals surface area contributed by atoms with Crippen LogP contribution in [0.4, 0.5) is 61.5 Å². The molecule has 0 bridgehead atoms. The van der Waals surface area contributed by atoms with E-state index in [1.54, 1.807) is 0 Å². The van der Waals surface area contributed by atoms with Crippen molar-refractivity contribution in [3.8, 4) is 0 Å². The molecule has 28 heavy (non-hydrogen) atoms. The smallest absolute Gasteiger partial charge is 0.237 e. The van der Waals surface area contributed by atoms with Gasteiger partial charge in [-0.25, -0.2) is 13.2 Å². The molecule has 0 aliphatic carbocycles. The van der Waals surface area contributed by atoms with E-state index in [1.807, 2.05) is 0 Å². The fourth-order valence-electron chi connectivity index (χ4n) is 2.00. The Balaban J connectivity index is 6.63. The Morgan fingerprint density at radius 3 is 1.14 bits per heavy atom. The molecule has 15 heteroatoms. The van der Waals surface area contributed by atoms with Gasteiger partial charge in [-0.2, -0.15) is 60.9 Å². The van der Waals surface area contributed by atoms with E-state index >= 15 is 0 Å². The Kier molecular flexibility index (Phi) is 6.81. The first-order chi connectivity index (χ1) is 11.8. The highest BCUT2D eigenvalue weighted by molar-refractivity contribution is 7.80. The highest BCUT2D eigenvalue weighted by atomic mass is 32.1. The van der Waals surface area contributed by atoms with Crippen molar-refractivity contribution in [2.24, 2.45) is 0 Å². The van der Waals surface area contributed by atoms with E-state index in [4.69, 9.17) is 0 Å². The summed E-state index contributed by atoms with van der Waals surface area (Å²) in [5.41, 5.74) is -17.3. The molecule has 0 aromatic carbocycles. The van der Waals surface area contributed by atoms with Gasteiger partial charge in [-0.15, -0.1) is 0 Å². The lowest BCUT2D eigenvalue weighted by atomic mass is 9.76. The van der Waals surface area contributed by atoms with Crippen molar-refractivity contribution in [1.82, 2.24) is 0 Å². The zero-order chi connectivity index (χ0) is 23.4. The summed E-state index contributed by atoms with van der Waals surface area (Å²) in [6.45, 7) is -2.80. The molecule has 0 aliphatic rings. The quantitative estimate of drug-likeness (QED) is 0.302. The Morgan fingerprint density at radius 2 is 0.857 bits per heavy atom. The molecule has 0 spiro atoms. The van der Waals surface area contributed by atoms with Gasteiger partial charge >= 0.3 is 29.9 Å². The number of thiol groups is 1. The van der Waals surface area contributed by atoms with E-state index < -0.39 is 72.9 Å². The Labute approximate surface area is 155 Å². The van der Waals surface area contributed by atoms with Crippen molar-refractivity contribution in [1.29, 1.82) is 0 Å². The van der Waals surface area contributed by atoms with E-state index in [1.165, 1.54) is 0 Å². The largest absolute Gasteiger partial charge is 0.428 e.